The van der Waals surface area contributed by atoms with E-state index in [1.165, 1.54) is 23.1 Å². The Hall–Kier alpha value is -3.55. The Bertz CT molecular complexity index is 1150. The van der Waals surface area contributed by atoms with Crippen molar-refractivity contribution >= 4 is 11.7 Å². The highest BCUT2D eigenvalue weighted by Crippen LogP contribution is 2.44. The summed E-state index contributed by atoms with van der Waals surface area (Å²) in [5.41, 5.74) is 2.53. The van der Waals surface area contributed by atoms with E-state index in [1.54, 1.807) is 7.11 Å². The van der Waals surface area contributed by atoms with Gasteiger partial charge in [-0.05, 0) is 47.7 Å². The van der Waals surface area contributed by atoms with Gasteiger partial charge in [-0.15, -0.1) is 0 Å². The highest BCUT2D eigenvalue weighted by molar-refractivity contribution is 6.00. The third-order valence-corrected chi connectivity index (χ3v) is 5.65. The molecule has 0 unspecified atom stereocenters. The number of anilines is 1. The number of nitrogens with one attached hydrogen (secondary N) is 1. The molecule has 2 aliphatic rings. The molecule has 0 saturated heterocycles. The first-order valence-electron chi connectivity index (χ1n) is 9.56. The summed E-state index contributed by atoms with van der Waals surface area (Å²) >= 11 is 0. The number of rotatable bonds is 3. The molecule has 0 amide bonds. The van der Waals surface area contributed by atoms with Gasteiger partial charge in [0.05, 0.1) is 7.11 Å². The van der Waals surface area contributed by atoms with Gasteiger partial charge >= 0.3 is 0 Å². The lowest BCUT2D eigenvalue weighted by Gasteiger charge is -2.35. The fraction of sp³-hybridized carbons (Fsp3) is 0.227. The van der Waals surface area contributed by atoms with Gasteiger partial charge in [0.25, 0.3) is 0 Å². The molecule has 0 radical (unpaired) electrons. The maximum absolute atomic E-state index is 13.9. The molecule has 5 rings (SSSR count). The van der Waals surface area contributed by atoms with Crippen LogP contribution < -0.4 is 10.1 Å². The number of carbonyl (C=O) groups is 1. The molecule has 1 N–H and O–H groups in total. The van der Waals surface area contributed by atoms with E-state index in [1.807, 2.05) is 24.3 Å². The minimum atomic E-state index is -0.728. The second-order valence-electron chi connectivity index (χ2n) is 7.45. The number of hydrogen-bond donors (Lipinski definition) is 1. The van der Waals surface area contributed by atoms with E-state index < -0.39 is 17.7 Å². The second-order valence-corrected chi connectivity index (χ2v) is 7.45. The van der Waals surface area contributed by atoms with Crippen LogP contribution in [0.1, 0.15) is 35.9 Å². The minimum Gasteiger partial charge on any atom is -0.497 e. The number of carbonyl (C=O) groups excluding carboxylic acids is 1. The van der Waals surface area contributed by atoms with Crippen molar-refractivity contribution in [3.05, 3.63) is 82.8 Å². The summed E-state index contributed by atoms with van der Waals surface area (Å²) in [6.45, 7) is 0. The third kappa shape index (κ3) is 3.04. The molecule has 1 aliphatic heterocycles. The van der Waals surface area contributed by atoms with Crippen molar-refractivity contribution in [1.82, 2.24) is 14.8 Å². The van der Waals surface area contributed by atoms with Gasteiger partial charge in [-0.3, -0.25) is 4.79 Å². The smallest absolute Gasteiger partial charge is 0.226 e. The molecule has 2 atom stereocenters. The molecule has 0 fully saturated rings. The number of benzene rings is 2. The van der Waals surface area contributed by atoms with Gasteiger partial charge in [-0.2, -0.15) is 10.1 Å². The zero-order chi connectivity index (χ0) is 20.8. The average Bonchev–Trinajstić information content (AvgIpc) is 3.19. The zero-order valence-corrected chi connectivity index (χ0v) is 16.1. The molecule has 0 saturated carbocycles. The number of aromatic nitrogens is 3. The Morgan fingerprint density at radius 1 is 1.07 bits per heavy atom. The summed E-state index contributed by atoms with van der Waals surface area (Å²) in [7, 11) is 1.60. The Kier molecular flexibility index (Phi) is 4.34. The average molecular weight is 408 g/mol. The highest BCUT2D eigenvalue weighted by Gasteiger charge is 2.39. The largest absolute Gasteiger partial charge is 0.497 e. The molecule has 8 heteroatoms. The Morgan fingerprint density at radius 3 is 2.50 bits per heavy atom. The van der Waals surface area contributed by atoms with E-state index in [2.05, 4.69) is 15.4 Å². The maximum atomic E-state index is 13.9. The predicted octanol–water partition coefficient (Wildman–Crippen LogP) is 3.98. The van der Waals surface area contributed by atoms with Gasteiger partial charge in [-0.25, -0.2) is 13.5 Å². The van der Waals surface area contributed by atoms with Crippen LogP contribution in [-0.2, 0) is 4.79 Å². The molecule has 2 aromatic carbocycles. The van der Waals surface area contributed by atoms with Crippen LogP contribution in [0.2, 0.25) is 0 Å². The number of Topliss-reactive ketones (excluding diaryl/α,β-unsaturated/α-hetero) is 1. The van der Waals surface area contributed by atoms with E-state index >= 15 is 0 Å². The molecule has 6 nitrogen and oxygen atoms in total. The monoisotopic (exact) mass is 408 g/mol. The van der Waals surface area contributed by atoms with Crippen molar-refractivity contribution in [2.75, 3.05) is 12.4 Å². The van der Waals surface area contributed by atoms with E-state index in [9.17, 15) is 13.6 Å². The van der Waals surface area contributed by atoms with Gasteiger partial charge in [-0.1, -0.05) is 12.1 Å². The van der Waals surface area contributed by atoms with Gasteiger partial charge in [0.2, 0.25) is 5.95 Å². The first-order valence-corrected chi connectivity index (χ1v) is 9.56. The lowest BCUT2D eigenvalue weighted by atomic mass is 9.78. The Labute approximate surface area is 171 Å². The lowest BCUT2D eigenvalue weighted by molar-refractivity contribution is -0.116. The SMILES string of the molecule is COc1ccc([C@@H]2CC(=O)C3=C(C2)Nc2ncnn2[C@H]3c2cc(F)cc(F)c2)cc1. The molecule has 2 heterocycles. The van der Waals surface area contributed by atoms with Crippen LogP contribution in [-0.4, -0.2) is 27.7 Å². The summed E-state index contributed by atoms with van der Waals surface area (Å²) < 4.78 is 34.6. The first kappa shape index (κ1) is 18.5. The minimum absolute atomic E-state index is 0.0194. The molecule has 1 aromatic heterocycles. The summed E-state index contributed by atoms with van der Waals surface area (Å²) in [4.78, 5) is 17.5. The van der Waals surface area contributed by atoms with E-state index in [0.717, 1.165) is 17.4 Å². The van der Waals surface area contributed by atoms with E-state index in [-0.39, 0.29) is 11.7 Å². The maximum Gasteiger partial charge on any atom is 0.226 e. The van der Waals surface area contributed by atoms with E-state index in [0.29, 0.717) is 35.6 Å². The van der Waals surface area contributed by atoms with Gasteiger partial charge in [0.15, 0.2) is 5.78 Å². The van der Waals surface area contributed by atoms with Crippen molar-refractivity contribution in [1.29, 1.82) is 0 Å². The number of nitrogens with zero attached hydrogens (tertiary/aromatic N) is 3. The number of fused-ring (bicyclic) bond motifs is 1. The van der Waals surface area contributed by atoms with E-state index in [4.69, 9.17) is 4.74 Å². The normalized spacial score (nSPS) is 20.4. The van der Waals surface area contributed by atoms with Crippen LogP contribution in [0.5, 0.6) is 5.75 Å². The van der Waals surface area contributed by atoms with Crippen LogP contribution in [0.15, 0.2) is 60.1 Å². The Morgan fingerprint density at radius 2 is 1.80 bits per heavy atom. The van der Waals surface area contributed by atoms with Crippen LogP contribution in [0.4, 0.5) is 14.7 Å². The van der Waals surface area contributed by atoms with Crippen LogP contribution in [0, 0.1) is 11.6 Å². The second kappa shape index (κ2) is 7.05. The number of methoxy groups -OCH3 is 1. The molecule has 30 heavy (non-hydrogen) atoms. The number of ether oxygens (including phenoxy) is 1. The molecule has 1 aliphatic carbocycles. The molecule has 3 aromatic rings. The molecular weight excluding hydrogens is 390 g/mol. The molecular formula is C22H18F2N4O2. The van der Waals surface area contributed by atoms with Crippen molar-refractivity contribution in [3.8, 4) is 5.75 Å². The van der Waals surface area contributed by atoms with Crippen LogP contribution in [0.25, 0.3) is 0 Å². The first-order chi connectivity index (χ1) is 14.5. The van der Waals surface area contributed by atoms with Gasteiger partial charge < -0.3 is 10.1 Å². The van der Waals surface area contributed by atoms with Gasteiger partial charge in [0.1, 0.15) is 29.8 Å². The number of halogens is 2. The number of allylic oxidation sites excluding steroid dienone is 2. The number of hydrogen-bond acceptors (Lipinski definition) is 5. The number of ketones is 1. The fourth-order valence-corrected chi connectivity index (χ4v) is 4.30. The Balaban J connectivity index is 1.58. The third-order valence-electron chi connectivity index (χ3n) is 5.65. The van der Waals surface area contributed by atoms with Crippen molar-refractivity contribution in [3.63, 3.8) is 0 Å². The summed E-state index contributed by atoms with van der Waals surface area (Å²) in [5, 5.41) is 7.39. The molecule has 152 valence electrons. The summed E-state index contributed by atoms with van der Waals surface area (Å²) in [6.07, 6.45) is 2.23. The topological polar surface area (TPSA) is 69.0 Å². The lowest BCUT2D eigenvalue weighted by Crippen LogP contribution is -2.33. The van der Waals surface area contributed by atoms with Crippen LogP contribution in [0.3, 0.4) is 0 Å². The zero-order valence-electron chi connectivity index (χ0n) is 16.1. The summed E-state index contributed by atoms with van der Waals surface area (Å²) in [5.74, 6) is -0.322. The highest BCUT2D eigenvalue weighted by atomic mass is 19.1. The fourth-order valence-electron chi connectivity index (χ4n) is 4.30. The van der Waals surface area contributed by atoms with Gasteiger partial charge in [0, 0.05) is 23.8 Å². The van der Waals surface area contributed by atoms with Crippen molar-refractivity contribution in [2.24, 2.45) is 0 Å². The summed E-state index contributed by atoms with van der Waals surface area (Å²) in [6, 6.07) is 10.2. The van der Waals surface area contributed by atoms with Crippen molar-refractivity contribution in [2.45, 2.75) is 24.8 Å². The quantitative estimate of drug-likeness (QED) is 0.710. The standard InChI is InChI=1S/C22H18F2N4O2/c1-30-17-4-2-12(3-5-17)13-8-18-20(19(29)9-13)21(28-22(27-18)25-11-26-28)14-6-15(23)10-16(24)7-14/h2-7,10-11,13,21H,8-9H2,1H3,(H,25,26,27)/t13-,21-/m0/s1. The van der Waals surface area contributed by atoms with Crippen LogP contribution >= 0.6 is 0 Å². The molecule has 0 spiro atoms. The predicted molar refractivity (Wildman–Crippen MR) is 105 cm³/mol. The molecule has 0 bridgehead atoms. The van der Waals surface area contributed by atoms with Crippen molar-refractivity contribution < 1.29 is 18.3 Å².